The molecule has 0 bridgehead atoms. The lowest BCUT2D eigenvalue weighted by atomic mass is 9.94. The van der Waals surface area contributed by atoms with Crippen LogP contribution in [0.15, 0.2) is 108 Å². The van der Waals surface area contributed by atoms with Crippen molar-refractivity contribution >= 4 is 39.1 Å². The molecule has 0 aromatic heterocycles. The second-order valence-electron chi connectivity index (χ2n) is 12.2. The van der Waals surface area contributed by atoms with Gasteiger partial charge in [-0.1, -0.05) is 109 Å². The van der Waals surface area contributed by atoms with E-state index in [1.54, 1.807) is 30.3 Å². The minimum atomic E-state index is -4.29. The number of ether oxygens (including phenoxy) is 1. The highest BCUT2D eigenvalue weighted by Gasteiger charge is 2.36. The molecule has 48 heavy (non-hydrogen) atoms. The minimum Gasteiger partial charge on any atom is -0.495 e. The number of anilines is 1. The first-order valence-electron chi connectivity index (χ1n) is 16.3. The molecule has 2 amide bonds. The molecule has 0 radical (unpaired) electrons. The number of halogens is 1. The average molecular weight is 688 g/mol. The number of nitrogens with zero attached hydrogens (tertiary/aromatic N) is 2. The SMILES string of the molecule is COc1ccc(Cl)cc1N(CC(=O)N(Cc1ccc(C)cc1)[C@H](Cc1ccccc1)C(=O)NC1CCCCC1)S(=O)(=O)c1ccccc1. The van der Waals surface area contributed by atoms with Crippen molar-refractivity contribution < 1.29 is 22.7 Å². The molecule has 0 aliphatic heterocycles. The average Bonchev–Trinajstić information content (AvgIpc) is 3.10. The van der Waals surface area contributed by atoms with E-state index in [0.717, 1.165) is 53.1 Å². The van der Waals surface area contributed by atoms with Crippen LogP contribution in [0.1, 0.15) is 48.8 Å². The number of methoxy groups -OCH3 is 1. The third kappa shape index (κ3) is 8.76. The highest BCUT2D eigenvalue weighted by atomic mass is 35.5. The summed E-state index contributed by atoms with van der Waals surface area (Å²) in [5.74, 6) is -0.575. The summed E-state index contributed by atoms with van der Waals surface area (Å²) in [6.07, 6.45) is 5.22. The van der Waals surface area contributed by atoms with E-state index in [1.165, 1.54) is 30.2 Å². The van der Waals surface area contributed by atoms with Crippen molar-refractivity contribution in [3.8, 4) is 5.75 Å². The second kappa shape index (κ2) is 16.2. The van der Waals surface area contributed by atoms with Crippen LogP contribution >= 0.6 is 11.6 Å². The highest BCUT2D eigenvalue weighted by Crippen LogP contribution is 2.35. The number of benzene rings is 4. The third-order valence-electron chi connectivity index (χ3n) is 8.72. The second-order valence-corrected chi connectivity index (χ2v) is 14.5. The van der Waals surface area contributed by atoms with Gasteiger partial charge in [-0.2, -0.15) is 0 Å². The molecule has 4 aromatic rings. The summed E-state index contributed by atoms with van der Waals surface area (Å²) < 4.78 is 35.2. The maximum atomic E-state index is 14.8. The molecule has 1 saturated carbocycles. The number of nitrogens with one attached hydrogen (secondary N) is 1. The normalized spacial score (nSPS) is 14.1. The van der Waals surface area contributed by atoms with Crippen LogP contribution in [0.25, 0.3) is 0 Å². The van der Waals surface area contributed by atoms with Crippen molar-refractivity contribution in [3.05, 3.63) is 125 Å². The summed E-state index contributed by atoms with van der Waals surface area (Å²) in [4.78, 5) is 30.5. The van der Waals surface area contributed by atoms with Gasteiger partial charge < -0.3 is 15.0 Å². The summed E-state index contributed by atoms with van der Waals surface area (Å²) >= 11 is 6.38. The zero-order valence-electron chi connectivity index (χ0n) is 27.3. The van der Waals surface area contributed by atoms with Gasteiger partial charge in [0.1, 0.15) is 18.3 Å². The van der Waals surface area contributed by atoms with Gasteiger partial charge in [0.15, 0.2) is 0 Å². The van der Waals surface area contributed by atoms with Crippen LogP contribution in [0.3, 0.4) is 0 Å². The lowest BCUT2D eigenvalue weighted by molar-refractivity contribution is -0.140. The summed E-state index contributed by atoms with van der Waals surface area (Å²) in [5, 5.41) is 3.51. The number of hydrogen-bond donors (Lipinski definition) is 1. The lowest BCUT2D eigenvalue weighted by Crippen LogP contribution is -2.55. The largest absolute Gasteiger partial charge is 0.495 e. The van der Waals surface area contributed by atoms with Crippen LogP contribution in [-0.4, -0.2) is 50.9 Å². The maximum absolute atomic E-state index is 14.8. The van der Waals surface area contributed by atoms with Gasteiger partial charge in [0.2, 0.25) is 11.8 Å². The molecular formula is C38H42ClN3O5S. The molecule has 252 valence electrons. The van der Waals surface area contributed by atoms with Gasteiger partial charge in [-0.15, -0.1) is 0 Å². The molecule has 1 fully saturated rings. The van der Waals surface area contributed by atoms with E-state index < -0.39 is 28.5 Å². The summed E-state index contributed by atoms with van der Waals surface area (Å²) in [5.41, 5.74) is 2.87. The zero-order chi connectivity index (χ0) is 34.1. The molecule has 0 unspecified atom stereocenters. The summed E-state index contributed by atoms with van der Waals surface area (Å²) in [6, 6.07) is 29.0. The Morgan fingerprint density at radius 3 is 2.17 bits per heavy atom. The maximum Gasteiger partial charge on any atom is 0.264 e. The number of carbonyl (C=O) groups is 2. The molecule has 5 rings (SSSR count). The van der Waals surface area contributed by atoms with Crippen LogP contribution < -0.4 is 14.4 Å². The molecule has 1 aliphatic rings. The van der Waals surface area contributed by atoms with Crippen LogP contribution in [0.4, 0.5) is 5.69 Å². The lowest BCUT2D eigenvalue weighted by Gasteiger charge is -2.35. The van der Waals surface area contributed by atoms with Crippen LogP contribution in [0.5, 0.6) is 5.75 Å². The van der Waals surface area contributed by atoms with Crippen LogP contribution in [-0.2, 0) is 32.6 Å². The predicted octanol–water partition coefficient (Wildman–Crippen LogP) is 6.94. The van der Waals surface area contributed by atoms with Crippen LogP contribution in [0.2, 0.25) is 5.02 Å². The topological polar surface area (TPSA) is 96.0 Å². The van der Waals surface area contributed by atoms with Gasteiger partial charge in [-0.3, -0.25) is 13.9 Å². The fourth-order valence-electron chi connectivity index (χ4n) is 6.08. The number of hydrogen-bond acceptors (Lipinski definition) is 5. The van der Waals surface area contributed by atoms with Crippen molar-refractivity contribution in [1.29, 1.82) is 0 Å². The van der Waals surface area contributed by atoms with Crippen molar-refractivity contribution in [3.63, 3.8) is 0 Å². The molecule has 1 N–H and O–H groups in total. The van der Waals surface area contributed by atoms with Gasteiger partial charge in [0.05, 0.1) is 17.7 Å². The van der Waals surface area contributed by atoms with Gasteiger partial charge in [-0.25, -0.2) is 8.42 Å². The fourth-order valence-corrected chi connectivity index (χ4v) is 7.68. The molecule has 1 aliphatic carbocycles. The standard InChI is InChI=1S/C38H42ClN3O5S/c1-28-18-20-30(21-19-28)26-41(35(24-29-12-6-3-7-13-29)38(44)40-32-14-8-4-9-15-32)37(43)27-42(34-25-31(39)22-23-36(34)47-2)48(45,46)33-16-10-5-11-17-33/h3,5-7,10-13,16-23,25,32,35H,4,8-9,14-15,24,26-27H2,1-2H3,(H,40,44)/t35-/m1/s1. The molecule has 4 aromatic carbocycles. The zero-order valence-corrected chi connectivity index (χ0v) is 28.9. The van der Waals surface area contributed by atoms with Gasteiger partial charge in [0, 0.05) is 24.0 Å². The number of aryl methyl sites for hydroxylation is 1. The van der Waals surface area contributed by atoms with E-state index in [4.69, 9.17) is 16.3 Å². The summed E-state index contributed by atoms with van der Waals surface area (Å²) in [7, 11) is -2.86. The van der Waals surface area contributed by atoms with Crippen molar-refractivity contribution in [2.24, 2.45) is 0 Å². The first-order valence-corrected chi connectivity index (χ1v) is 18.1. The van der Waals surface area contributed by atoms with Crippen molar-refractivity contribution in [2.45, 2.75) is 69.0 Å². The minimum absolute atomic E-state index is 0.000732. The van der Waals surface area contributed by atoms with E-state index in [0.29, 0.717) is 0 Å². The molecule has 8 nitrogen and oxygen atoms in total. The molecule has 0 heterocycles. The fraction of sp³-hybridized carbons (Fsp3) is 0.316. The molecule has 1 atom stereocenters. The highest BCUT2D eigenvalue weighted by molar-refractivity contribution is 7.92. The molecule has 0 spiro atoms. The number of amides is 2. The first kappa shape index (κ1) is 35.0. The van der Waals surface area contributed by atoms with Gasteiger partial charge in [-0.05, 0) is 61.2 Å². The smallest absolute Gasteiger partial charge is 0.264 e. The Balaban J connectivity index is 1.59. The third-order valence-corrected chi connectivity index (χ3v) is 10.7. The Labute approximate surface area is 288 Å². The molecule has 0 saturated heterocycles. The Morgan fingerprint density at radius 2 is 1.52 bits per heavy atom. The Kier molecular flexibility index (Phi) is 11.8. The van der Waals surface area contributed by atoms with E-state index >= 15 is 0 Å². The van der Waals surface area contributed by atoms with Crippen LogP contribution in [0, 0.1) is 6.92 Å². The van der Waals surface area contributed by atoms with Crippen molar-refractivity contribution in [2.75, 3.05) is 18.0 Å². The number of rotatable bonds is 13. The Morgan fingerprint density at radius 1 is 0.875 bits per heavy atom. The number of sulfonamides is 1. The Bertz CT molecular complexity index is 1780. The first-order chi connectivity index (χ1) is 23.2. The van der Waals surface area contributed by atoms with Gasteiger partial charge >= 0.3 is 0 Å². The van der Waals surface area contributed by atoms with E-state index in [2.05, 4.69) is 5.32 Å². The van der Waals surface area contributed by atoms with E-state index in [9.17, 15) is 18.0 Å². The monoisotopic (exact) mass is 687 g/mol. The number of carbonyl (C=O) groups excluding carboxylic acids is 2. The summed E-state index contributed by atoms with van der Waals surface area (Å²) in [6.45, 7) is 1.48. The predicted molar refractivity (Wildman–Crippen MR) is 190 cm³/mol. The van der Waals surface area contributed by atoms with Gasteiger partial charge in [0.25, 0.3) is 10.0 Å². The van der Waals surface area contributed by atoms with E-state index in [1.807, 2.05) is 61.5 Å². The quantitative estimate of drug-likeness (QED) is 0.164. The Hall–Kier alpha value is -4.34. The molecule has 10 heteroatoms. The molecular weight excluding hydrogens is 646 g/mol. The van der Waals surface area contributed by atoms with Crippen molar-refractivity contribution in [1.82, 2.24) is 10.2 Å². The van der Waals surface area contributed by atoms with E-state index in [-0.39, 0.29) is 46.3 Å².